The van der Waals surface area contributed by atoms with Gasteiger partial charge in [0, 0.05) is 0 Å². The Balaban J connectivity index is 2.40. The van der Waals surface area contributed by atoms with Crippen molar-refractivity contribution in [2.45, 2.75) is 6.23 Å². The molecule has 4 heteroatoms. The van der Waals surface area contributed by atoms with Gasteiger partial charge in [-0.3, -0.25) is 5.73 Å². The summed E-state index contributed by atoms with van der Waals surface area (Å²) in [4.78, 5) is 10.0. The summed E-state index contributed by atoms with van der Waals surface area (Å²) < 4.78 is 4.39. The average molecular weight is 102 g/mol. The Labute approximate surface area is 40.6 Å². The first kappa shape index (κ1) is 4.39. The van der Waals surface area contributed by atoms with Crippen molar-refractivity contribution >= 4 is 6.09 Å². The lowest BCUT2D eigenvalue weighted by Crippen LogP contribution is -2.23. The van der Waals surface area contributed by atoms with E-state index in [1.165, 1.54) is 0 Å². The van der Waals surface area contributed by atoms with Crippen molar-refractivity contribution < 1.29 is 9.53 Å². The molecule has 0 radical (unpaired) electrons. The van der Waals surface area contributed by atoms with Crippen molar-refractivity contribution in [3.8, 4) is 0 Å². The van der Waals surface area contributed by atoms with Gasteiger partial charge in [0.05, 0.1) is 6.54 Å². The molecule has 40 valence electrons. The van der Waals surface area contributed by atoms with Crippen LogP contribution in [0.5, 0.6) is 0 Å². The van der Waals surface area contributed by atoms with Crippen molar-refractivity contribution in [3.63, 3.8) is 0 Å². The van der Waals surface area contributed by atoms with Gasteiger partial charge in [0.25, 0.3) is 0 Å². The van der Waals surface area contributed by atoms with Crippen molar-refractivity contribution in [1.82, 2.24) is 5.32 Å². The zero-order valence-corrected chi connectivity index (χ0v) is 3.68. The van der Waals surface area contributed by atoms with Crippen LogP contribution in [0.1, 0.15) is 0 Å². The predicted octanol–water partition coefficient (Wildman–Crippen LogP) is -0.989. The maximum atomic E-state index is 10.0. The number of hydrogen-bond acceptors (Lipinski definition) is 3. The smallest absolute Gasteiger partial charge is 0.408 e. The number of ether oxygens (including phenoxy) is 1. The molecule has 1 atom stereocenters. The molecule has 1 amide bonds. The summed E-state index contributed by atoms with van der Waals surface area (Å²) in [5.74, 6) is 0. The Kier molecular flexibility index (Phi) is 0.867. The Morgan fingerprint density at radius 1 is 2.00 bits per heavy atom. The molecule has 0 bridgehead atoms. The minimum Gasteiger partial charge on any atom is -0.429 e. The lowest BCUT2D eigenvalue weighted by Gasteiger charge is -1.93. The zero-order valence-electron chi connectivity index (χ0n) is 3.68. The Morgan fingerprint density at radius 3 is 2.86 bits per heavy atom. The lowest BCUT2D eigenvalue weighted by atomic mass is 10.6. The quantitative estimate of drug-likeness (QED) is 0.412. The van der Waals surface area contributed by atoms with Crippen LogP contribution in [0.2, 0.25) is 0 Å². The summed E-state index contributed by atoms with van der Waals surface area (Å²) in [6.45, 7) is 0.429. The Hall–Kier alpha value is -0.770. The maximum absolute atomic E-state index is 10.0. The van der Waals surface area contributed by atoms with Crippen LogP contribution in [0.15, 0.2) is 0 Å². The number of nitrogens with two attached hydrogens (primary N) is 1. The minimum atomic E-state index is -0.438. The average Bonchev–Trinajstić information content (AvgIpc) is 1.87. The van der Waals surface area contributed by atoms with Gasteiger partial charge in [0.2, 0.25) is 0 Å². The van der Waals surface area contributed by atoms with E-state index in [2.05, 4.69) is 10.1 Å². The standard InChI is InChI=1S/C3H6N2O2/c4-2-1-5-3(6)7-2/h2H,1,4H2,(H,5,6). The van der Waals surface area contributed by atoms with E-state index in [-0.39, 0.29) is 0 Å². The first-order valence-corrected chi connectivity index (χ1v) is 1.99. The molecule has 1 heterocycles. The Morgan fingerprint density at radius 2 is 2.71 bits per heavy atom. The molecule has 0 aromatic carbocycles. The summed E-state index contributed by atoms with van der Waals surface area (Å²) in [6.07, 6.45) is -0.861. The fourth-order valence-corrected chi connectivity index (χ4v) is 0.405. The fourth-order valence-electron chi connectivity index (χ4n) is 0.405. The predicted molar refractivity (Wildman–Crippen MR) is 22.5 cm³/mol. The molecule has 1 aliphatic rings. The van der Waals surface area contributed by atoms with Crippen LogP contribution >= 0.6 is 0 Å². The van der Waals surface area contributed by atoms with Crippen LogP contribution in [0.3, 0.4) is 0 Å². The normalized spacial score (nSPS) is 29.3. The van der Waals surface area contributed by atoms with Gasteiger partial charge in [0.1, 0.15) is 0 Å². The number of amides is 1. The largest absolute Gasteiger partial charge is 0.429 e. The number of alkyl carbamates (subject to hydrolysis) is 1. The molecule has 1 aliphatic heterocycles. The van der Waals surface area contributed by atoms with Gasteiger partial charge in [-0.05, 0) is 0 Å². The molecule has 1 unspecified atom stereocenters. The topological polar surface area (TPSA) is 64.3 Å². The van der Waals surface area contributed by atoms with Crippen molar-refractivity contribution in [1.29, 1.82) is 0 Å². The molecule has 4 nitrogen and oxygen atoms in total. The third-order valence-corrected chi connectivity index (χ3v) is 0.706. The first-order valence-electron chi connectivity index (χ1n) is 1.99. The second-order valence-electron chi connectivity index (χ2n) is 1.32. The second kappa shape index (κ2) is 1.38. The van der Waals surface area contributed by atoms with Crippen LogP contribution in [-0.2, 0) is 4.74 Å². The van der Waals surface area contributed by atoms with Gasteiger partial charge in [-0.2, -0.15) is 0 Å². The molecule has 1 saturated heterocycles. The van der Waals surface area contributed by atoms with E-state index in [1.807, 2.05) is 0 Å². The monoisotopic (exact) mass is 102 g/mol. The van der Waals surface area contributed by atoms with E-state index in [4.69, 9.17) is 5.73 Å². The van der Waals surface area contributed by atoms with E-state index in [1.54, 1.807) is 0 Å². The number of carbonyl (C=O) groups excluding carboxylic acids is 1. The molecule has 0 aromatic heterocycles. The van der Waals surface area contributed by atoms with Gasteiger partial charge >= 0.3 is 6.09 Å². The second-order valence-corrected chi connectivity index (χ2v) is 1.32. The summed E-state index contributed by atoms with van der Waals surface area (Å²) in [6, 6.07) is 0. The summed E-state index contributed by atoms with van der Waals surface area (Å²) in [5, 5.41) is 2.38. The van der Waals surface area contributed by atoms with Crippen molar-refractivity contribution in [2.75, 3.05) is 6.54 Å². The number of hydrogen-bond donors (Lipinski definition) is 2. The zero-order chi connectivity index (χ0) is 5.28. The van der Waals surface area contributed by atoms with Gasteiger partial charge in [-0.25, -0.2) is 4.79 Å². The van der Waals surface area contributed by atoms with Crippen LogP contribution in [0.4, 0.5) is 4.79 Å². The third kappa shape index (κ3) is 0.806. The molecular weight excluding hydrogens is 96.0 g/mol. The highest BCUT2D eigenvalue weighted by Crippen LogP contribution is 1.89. The highest BCUT2D eigenvalue weighted by atomic mass is 16.6. The van der Waals surface area contributed by atoms with Crippen LogP contribution in [0, 0.1) is 0 Å². The maximum Gasteiger partial charge on any atom is 0.408 e. The van der Waals surface area contributed by atoms with Crippen LogP contribution < -0.4 is 11.1 Å². The van der Waals surface area contributed by atoms with Gasteiger partial charge in [0.15, 0.2) is 6.23 Å². The van der Waals surface area contributed by atoms with Gasteiger partial charge < -0.3 is 10.1 Å². The van der Waals surface area contributed by atoms with Crippen molar-refractivity contribution in [3.05, 3.63) is 0 Å². The van der Waals surface area contributed by atoms with Gasteiger partial charge in [-0.1, -0.05) is 0 Å². The van der Waals surface area contributed by atoms with E-state index in [0.29, 0.717) is 6.54 Å². The third-order valence-electron chi connectivity index (χ3n) is 0.706. The molecular formula is C3H6N2O2. The molecule has 3 N–H and O–H groups in total. The minimum absolute atomic E-state index is 0.424. The van der Waals surface area contributed by atoms with Crippen LogP contribution in [-0.4, -0.2) is 18.9 Å². The number of rotatable bonds is 0. The molecule has 0 aliphatic carbocycles. The summed E-state index contributed by atoms with van der Waals surface area (Å²) in [5.41, 5.74) is 5.12. The lowest BCUT2D eigenvalue weighted by molar-refractivity contribution is 0.143. The molecule has 1 rings (SSSR count). The summed E-state index contributed by atoms with van der Waals surface area (Å²) >= 11 is 0. The van der Waals surface area contributed by atoms with Crippen molar-refractivity contribution in [2.24, 2.45) is 5.73 Å². The van der Waals surface area contributed by atoms with E-state index in [0.717, 1.165) is 0 Å². The number of nitrogens with one attached hydrogen (secondary N) is 1. The first-order chi connectivity index (χ1) is 3.29. The summed E-state index contributed by atoms with van der Waals surface area (Å²) in [7, 11) is 0. The fraction of sp³-hybridized carbons (Fsp3) is 0.667. The highest BCUT2D eigenvalue weighted by Gasteiger charge is 2.16. The Bertz CT molecular complexity index is 92.9. The molecule has 0 spiro atoms. The van der Waals surface area contributed by atoms with Crippen LogP contribution in [0.25, 0.3) is 0 Å². The number of cyclic esters (lactones) is 1. The highest BCUT2D eigenvalue weighted by molar-refractivity contribution is 5.69. The van der Waals surface area contributed by atoms with E-state index < -0.39 is 12.3 Å². The SMILES string of the molecule is NC1CNC(=O)O1. The molecule has 0 saturated carbocycles. The van der Waals surface area contributed by atoms with E-state index in [9.17, 15) is 4.79 Å². The molecule has 0 aromatic rings. The number of carbonyl (C=O) groups is 1. The molecule has 7 heavy (non-hydrogen) atoms. The van der Waals surface area contributed by atoms with E-state index >= 15 is 0 Å². The molecule has 1 fully saturated rings. The van der Waals surface area contributed by atoms with Gasteiger partial charge in [-0.15, -0.1) is 0 Å².